The summed E-state index contributed by atoms with van der Waals surface area (Å²) < 4.78 is 3.24. The predicted molar refractivity (Wildman–Crippen MR) is 102 cm³/mol. The number of likely N-dealkylation sites (tertiary alicyclic amines) is 1. The summed E-state index contributed by atoms with van der Waals surface area (Å²) in [7, 11) is 0. The second-order valence-electron chi connectivity index (χ2n) is 7.31. The number of nitrogens with zero attached hydrogens (tertiary/aromatic N) is 4. The van der Waals surface area contributed by atoms with E-state index in [0.29, 0.717) is 29.9 Å². The molecule has 3 aromatic heterocycles. The normalized spacial score (nSPS) is 21.3. The largest absolute Gasteiger partial charge is 0.340 e. The van der Waals surface area contributed by atoms with Crippen LogP contribution in [0, 0.1) is 5.92 Å². The number of aromatic nitrogens is 3. The summed E-state index contributed by atoms with van der Waals surface area (Å²) in [5, 5.41) is 2.38. The molecule has 2 aliphatic heterocycles. The van der Waals surface area contributed by atoms with Crippen molar-refractivity contribution >= 4 is 27.5 Å². The zero-order valence-corrected chi connectivity index (χ0v) is 15.4. The number of thiophene rings is 1. The Bertz CT molecular complexity index is 1160. The second kappa shape index (κ2) is 6.16. The minimum absolute atomic E-state index is 0.00133. The molecule has 0 aromatic carbocycles. The lowest BCUT2D eigenvalue weighted by molar-refractivity contribution is -0.134. The molecule has 27 heavy (non-hydrogen) atoms. The monoisotopic (exact) mass is 382 g/mol. The molecule has 138 valence electrons. The van der Waals surface area contributed by atoms with E-state index in [2.05, 4.69) is 4.98 Å². The Morgan fingerprint density at radius 2 is 2.07 bits per heavy atom. The van der Waals surface area contributed by atoms with Crippen molar-refractivity contribution in [2.75, 3.05) is 13.1 Å². The Hall–Kier alpha value is -2.74. The van der Waals surface area contributed by atoms with Gasteiger partial charge in [0.25, 0.3) is 11.1 Å². The van der Waals surface area contributed by atoms with Crippen LogP contribution in [0.3, 0.4) is 0 Å². The number of piperidine rings is 1. The SMILES string of the molecule is O=C(Cn1cnc2sccc2c1=O)N1C[C@H]2C[C@@H](C1)c1cccc(=O)n1C2. The molecule has 0 spiro atoms. The van der Waals surface area contributed by atoms with E-state index in [1.165, 1.54) is 22.2 Å². The average molecular weight is 382 g/mol. The van der Waals surface area contributed by atoms with Crippen LogP contribution in [0.15, 0.2) is 45.6 Å². The molecule has 0 aliphatic carbocycles. The van der Waals surface area contributed by atoms with Crippen LogP contribution >= 0.6 is 11.3 Å². The van der Waals surface area contributed by atoms with Gasteiger partial charge < -0.3 is 9.47 Å². The number of carbonyl (C=O) groups is 1. The number of rotatable bonds is 2. The maximum atomic E-state index is 12.9. The average Bonchev–Trinajstić information content (AvgIpc) is 3.14. The first-order valence-electron chi connectivity index (χ1n) is 9.00. The lowest BCUT2D eigenvalue weighted by Crippen LogP contribution is -2.50. The van der Waals surface area contributed by atoms with Crippen molar-refractivity contribution in [1.82, 2.24) is 19.0 Å². The molecule has 5 heterocycles. The van der Waals surface area contributed by atoms with Gasteiger partial charge in [0, 0.05) is 37.3 Å². The molecular formula is C19H18N4O3S. The summed E-state index contributed by atoms with van der Waals surface area (Å²) in [6.45, 7) is 1.86. The van der Waals surface area contributed by atoms with Crippen LogP contribution in [0.1, 0.15) is 18.0 Å². The second-order valence-corrected chi connectivity index (χ2v) is 8.21. The Morgan fingerprint density at radius 1 is 1.19 bits per heavy atom. The van der Waals surface area contributed by atoms with Crippen molar-refractivity contribution in [2.24, 2.45) is 5.92 Å². The first-order chi connectivity index (χ1) is 13.1. The molecular weight excluding hydrogens is 364 g/mol. The Balaban J connectivity index is 1.39. The summed E-state index contributed by atoms with van der Waals surface area (Å²) in [6, 6.07) is 7.11. The molecule has 0 N–H and O–H groups in total. The fraction of sp³-hybridized carbons (Fsp3) is 0.368. The molecule has 2 bridgehead atoms. The van der Waals surface area contributed by atoms with Crippen molar-refractivity contribution < 1.29 is 4.79 Å². The highest BCUT2D eigenvalue weighted by Crippen LogP contribution is 2.34. The molecule has 2 aliphatic rings. The highest BCUT2D eigenvalue weighted by atomic mass is 32.1. The summed E-state index contributed by atoms with van der Waals surface area (Å²) in [4.78, 5) is 44.3. The lowest BCUT2D eigenvalue weighted by atomic mass is 9.83. The van der Waals surface area contributed by atoms with Crippen molar-refractivity contribution in [2.45, 2.75) is 25.4 Å². The van der Waals surface area contributed by atoms with E-state index in [-0.39, 0.29) is 35.4 Å². The van der Waals surface area contributed by atoms with Crippen molar-refractivity contribution in [3.8, 4) is 0 Å². The van der Waals surface area contributed by atoms with Crippen LogP contribution in [0.4, 0.5) is 0 Å². The van der Waals surface area contributed by atoms with E-state index >= 15 is 0 Å². The van der Waals surface area contributed by atoms with Gasteiger partial charge in [-0.3, -0.25) is 19.0 Å². The van der Waals surface area contributed by atoms with Crippen LogP contribution in [-0.4, -0.2) is 38.0 Å². The van der Waals surface area contributed by atoms with E-state index in [1.807, 2.05) is 20.9 Å². The fourth-order valence-electron chi connectivity index (χ4n) is 4.35. The summed E-state index contributed by atoms with van der Waals surface area (Å²) in [6.07, 6.45) is 2.45. The molecule has 1 saturated heterocycles. The maximum absolute atomic E-state index is 12.9. The quantitative estimate of drug-likeness (QED) is 0.669. The Kier molecular flexibility index (Phi) is 3.75. The van der Waals surface area contributed by atoms with Crippen LogP contribution in [0.25, 0.3) is 10.2 Å². The van der Waals surface area contributed by atoms with Gasteiger partial charge in [0.05, 0.1) is 11.7 Å². The van der Waals surface area contributed by atoms with E-state index in [9.17, 15) is 14.4 Å². The maximum Gasteiger partial charge on any atom is 0.262 e. The van der Waals surface area contributed by atoms with Gasteiger partial charge in [-0.25, -0.2) is 4.98 Å². The highest BCUT2D eigenvalue weighted by molar-refractivity contribution is 7.16. The molecule has 0 saturated carbocycles. The van der Waals surface area contributed by atoms with E-state index in [4.69, 9.17) is 0 Å². The Labute approximate surface area is 158 Å². The first-order valence-corrected chi connectivity index (χ1v) is 9.88. The minimum atomic E-state index is -0.177. The zero-order chi connectivity index (χ0) is 18.5. The van der Waals surface area contributed by atoms with E-state index in [0.717, 1.165) is 12.1 Å². The fourth-order valence-corrected chi connectivity index (χ4v) is 5.08. The first kappa shape index (κ1) is 16.4. The minimum Gasteiger partial charge on any atom is -0.340 e. The molecule has 7 nitrogen and oxygen atoms in total. The van der Waals surface area contributed by atoms with Gasteiger partial charge in [0.1, 0.15) is 11.4 Å². The molecule has 0 radical (unpaired) electrons. The molecule has 0 unspecified atom stereocenters. The van der Waals surface area contributed by atoms with Gasteiger partial charge >= 0.3 is 0 Å². The van der Waals surface area contributed by atoms with Gasteiger partial charge in [-0.2, -0.15) is 0 Å². The van der Waals surface area contributed by atoms with Gasteiger partial charge in [-0.15, -0.1) is 11.3 Å². The van der Waals surface area contributed by atoms with Crippen LogP contribution in [-0.2, 0) is 17.9 Å². The molecule has 1 amide bonds. The number of carbonyl (C=O) groups excluding carboxylic acids is 1. The van der Waals surface area contributed by atoms with Crippen LogP contribution in [0.5, 0.6) is 0 Å². The molecule has 2 atom stereocenters. The van der Waals surface area contributed by atoms with Crippen LogP contribution < -0.4 is 11.1 Å². The topological polar surface area (TPSA) is 77.2 Å². The zero-order valence-electron chi connectivity index (χ0n) is 14.6. The van der Waals surface area contributed by atoms with Crippen molar-refractivity contribution in [3.63, 3.8) is 0 Å². The number of hydrogen-bond donors (Lipinski definition) is 0. The Morgan fingerprint density at radius 3 is 2.96 bits per heavy atom. The molecule has 5 rings (SSSR count). The van der Waals surface area contributed by atoms with Crippen LogP contribution in [0.2, 0.25) is 0 Å². The van der Waals surface area contributed by atoms with E-state index < -0.39 is 0 Å². The lowest BCUT2D eigenvalue weighted by Gasteiger charge is -2.42. The number of amides is 1. The van der Waals surface area contributed by atoms with Gasteiger partial charge in [0.2, 0.25) is 5.91 Å². The summed E-state index contributed by atoms with van der Waals surface area (Å²) >= 11 is 1.42. The van der Waals surface area contributed by atoms with Gasteiger partial charge in [-0.1, -0.05) is 6.07 Å². The summed E-state index contributed by atoms with van der Waals surface area (Å²) in [5.41, 5.74) is 0.863. The number of hydrogen-bond acceptors (Lipinski definition) is 5. The van der Waals surface area contributed by atoms with Gasteiger partial charge in [0.15, 0.2) is 0 Å². The molecule has 3 aromatic rings. The standard InChI is InChI=1S/C19H18N4O3S/c24-16-3-1-2-15-13-6-12(8-23(15)16)7-21(9-13)17(25)10-22-11-20-18-14(19(22)26)4-5-27-18/h1-5,11-13H,6-10H2/t12-,13+/m1/s1. The number of fused-ring (bicyclic) bond motifs is 5. The molecule has 1 fully saturated rings. The smallest absolute Gasteiger partial charge is 0.262 e. The predicted octanol–water partition coefficient (Wildman–Crippen LogP) is 1.27. The third-order valence-corrected chi connectivity index (χ3v) is 6.41. The van der Waals surface area contributed by atoms with E-state index in [1.54, 1.807) is 18.2 Å². The van der Waals surface area contributed by atoms with Crippen molar-refractivity contribution in [1.29, 1.82) is 0 Å². The third kappa shape index (κ3) is 2.71. The highest BCUT2D eigenvalue weighted by Gasteiger charge is 2.36. The van der Waals surface area contributed by atoms with Gasteiger partial charge in [-0.05, 0) is 29.9 Å². The van der Waals surface area contributed by atoms with Crippen molar-refractivity contribution in [3.05, 3.63) is 62.4 Å². The number of pyridine rings is 1. The molecule has 8 heteroatoms. The summed E-state index contributed by atoms with van der Waals surface area (Å²) in [5.74, 6) is 0.369. The third-order valence-electron chi connectivity index (χ3n) is 5.59.